The van der Waals surface area contributed by atoms with Gasteiger partial charge in [0.1, 0.15) is 25.0 Å². The predicted molar refractivity (Wildman–Crippen MR) is 119 cm³/mol. The number of aliphatic hydroxyl groups is 2. The standard InChI is InChI=1S/C24H27F3N2O7/c1-35-17-8-12(10-31)7-14-18-15(22(33)28-5-6-30)9-16(19(32)21(18)36-20(14)17)29(11-24(25,26)27)23(34)13-3-2-4-13/h7-10,13,16,18-19,21,30,32H,2-6,11H2,1H3,(H,28,33). The van der Waals surface area contributed by atoms with Gasteiger partial charge in [-0.3, -0.25) is 14.4 Å². The van der Waals surface area contributed by atoms with Crippen LogP contribution < -0.4 is 14.8 Å². The van der Waals surface area contributed by atoms with Crippen molar-refractivity contribution in [1.82, 2.24) is 10.2 Å². The highest BCUT2D eigenvalue weighted by molar-refractivity contribution is 5.96. The van der Waals surface area contributed by atoms with E-state index >= 15 is 0 Å². The maximum absolute atomic E-state index is 13.5. The van der Waals surface area contributed by atoms with Gasteiger partial charge < -0.3 is 29.9 Å². The van der Waals surface area contributed by atoms with Crippen LogP contribution in [-0.2, 0) is 9.59 Å². The van der Waals surface area contributed by atoms with Crippen LogP contribution >= 0.6 is 0 Å². The summed E-state index contributed by atoms with van der Waals surface area (Å²) in [5.74, 6) is -2.69. The maximum Gasteiger partial charge on any atom is 0.406 e. The summed E-state index contributed by atoms with van der Waals surface area (Å²) in [7, 11) is 1.34. The minimum absolute atomic E-state index is 0.0406. The number of hydrogen-bond acceptors (Lipinski definition) is 7. The van der Waals surface area contributed by atoms with E-state index in [2.05, 4.69) is 5.32 Å². The van der Waals surface area contributed by atoms with Crippen molar-refractivity contribution >= 4 is 18.1 Å². The van der Waals surface area contributed by atoms with E-state index < -0.39 is 54.6 Å². The Morgan fingerprint density at radius 1 is 1.31 bits per heavy atom. The van der Waals surface area contributed by atoms with Gasteiger partial charge >= 0.3 is 6.18 Å². The second-order valence-electron chi connectivity index (χ2n) is 9.11. The van der Waals surface area contributed by atoms with Crippen molar-refractivity contribution in [3.05, 3.63) is 34.9 Å². The van der Waals surface area contributed by atoms with E-state index in [0.29, 0.717) is 29.6 Å². The largest absolute Gasteiger partial charge is 0.493 e. The lowest BCUT2D eigenvalue weighted by molar-refractivity contribution is -0.174. The van der Waals surface area contributed by atoms with Crippen LogP contribution in [-0.4, -0.2) is 84.4 Å². The second-order valence-corrected chi connectivity index (χ2v) is 9.11. The Morgan fingerprint density at radius 2 is 2.03 bits per heavy atom. The van der Waals surface area contributed by atoms with E-state index in [9.17, 15) is 32.7 Å². The Labute approximate surface area is 204 Å². The van der Waals surface area contributed by atoms with E-state index in [0.717, 1.165) is 6.42 Å². The number of fused-ring (bicyclic) bond motifs is 3. The van der Waals surface area contributed by atoms with Crippen LogP contribution in [0, 0.1) is 5.92 Å². The van der Waals surface area contributed by atoms with Gasteiger partial charge in [-0.1, -0.05) is 6.42 Å². The third-order valence-electron chi connectivity index (χ3n) is 6.86. The first kappa shape index (κ1) is 26.0. The molecule has 2 aliphatic carbocycles. The Kier molecular flexibility index (Phi) is 7.28. The molecule has 36 heavy (non-hydrogen) atoms. The number of alkyl halides is 3. The number of nitrogens with one attached hydrogen (secondary N) is 1. The molecule has 1 heterocycles. The molecule has 0 spiro atoms. The zero-order valence-corrected chi connectivity index (χ0v) is 19.5. The van der Waals surface area contributed by atoms with Gasteiger partial charge in [0.15, 0.2) is 11.5 Å². The fraction of sp³-hybridized carbons (Fsp3) is 0.542. The van der Waals surface area contributed by atoms with Gasteiger partial charge in [-0.2, -0.15) is 13.2 Å². The lowest BCUT2D eigenvalue weighted by Crippen LogP contribution is -2.58. The van der Waals surface area contributed by atoms with Crippen molar-refractivity contribution in [2.24, 2.45) is 5.92 Å². The first-order valence-corrected chi connectivity index (χ1v) is 11.6. The number of aldehydes is 1. The van der Waals surface area contributed by atoms with E-state index in [1.807, 2.05) is 0 Å². The van der Waals surface area contributed by atoms with E-state index in [1.165, 1.54) is 25.3 Å². The zero-order valence-electron chi connectivity index (χ0n) is 19.5. The minimum Gasteiger partial charge on any atom is -0.493 e. The molecule has 12 heteroatoms. The molecular weight excluding hydrogens is 485 g/mol. The number of methoxy groups -OCH3 is 1. The first-order chi connectivity index (χ1) is 17.1. The molecule has 4 atom stereocenters. The normalized spacial score (nSPS) is 25.0. The van der Waals surface area contributed by atoms with Crippen LogP contribution in [0.4, 0.5) is 13.2 Å². The molecule has 1 fully saturated rings. The fourth-order valence-corrected chi connectivity index (χ4v) is 4.97. The molecule has 2 amide bonds. The number of amides is 2. The number of benzene rings is 1. The maximum atomic E-state index is 13.5. The molecule has 1 aromatic rings. The third-order valence-corrected chi connectivity index (χ3v) is 6.86. The van der Waals surface area contributed by atoms with Crippen LogP contribution in [0.5, 0.6) is 11.5 Å². The fourth-order valence-electron chi connectivity index (χ4n) is 4.97. The second kappa shape index (κ2) is 10.1. The molecule has 0 radical (unpaired) electrons. The number of hydrogen-bond donors (Lipinski definition) is 3. The summed E-state index contributed by atoms with van der Waals surface area (Å²) in [6.07, 6.45) is -4.25. The summed E-state index contributed by atoms with van der Waals surface area (Å²) in [6.45, 7) is -2.11. The monoisotopic (exact) mass is 512 g/mol. The average molecular weight is 512 g/mol. The molecule has 4 unspecified atom stereocenters. The molecule has 0 aromatic heterocycles. The van der Waals surface area contributed by atoms with Gasteiger partial charge in [0.2, 0.25) is 11.8 Å². The van der Waals surface area contributed by atoms with Crippen molar-refractivity contribution in [3.63, 3.8) is 0 Å². The van der Waals surface area contributed by atoms with Gasteiger partial charge in [-0.05, 0) is 31.1 Å². The third kappa shape index (κ3) is 4.79. The molecule has 196 valence electrons. The Hall–Kier alpha value is -3.12. The van der Waals surface area contributed by atoms with Gasteiger partial charge in [-0.25, -0.2) is 0 Å². The Morgan fingerprint density at radius 3 is 2.58 bits per heavy atom. The molecule has 3 N–H and O–H groups in total. The quantitative estimate of drug-likeness (QED) is 0.449. The van der Waals surface area contributed by atoms with Crippen molar-refractivity contribution in [2.75, 3.05) is 26.8 Å². The van der Waals surface area contributed by atoms with Gasteiger partial charge in [0, 0.05) is 29.2 Å². The molecular formula is C24H27F3N2O7. The van der Waals surface area contributed by atoms with Crippen LogP contribution in [0.3, 0.4) is 0 Å². The Bertz CT molecular complexity index is 1070. The summed E-state index contributed by atoms with van der Waals surface area (Å²) >= 11 is 0. The topological polar surface area (TPSA) is 125 Å². The smallest absolute Gasteiger partial charge is 0.406 e. The molecule has 0 bridgehead atoms. The number of nitrogens with zero attached hydrogens (tertiary/aromatic N) is 1. The molecule has 1 aromatic carbocycles. The molecule has 1 saturated carbocycles. The minimum atomic E-state index is -4.75. The molecule has 9 nitrogen and oxygen atoms in total. The van der Waals surface area contributed by atoms with Crippen LogP contribution in [0.15, 0.2) is 23.8 Å². The molecule has 3 aliphatic rings. The number of rotatable bonds is 8. The van der Waals surface area contributed by atoms with Crippen molar-refractivity contribution in [2.45, 2.75) is 49.6 Å². The van der Waals surface area contributed by atoms with Gasteiger partial charge in [0.25, 0.3) is 0 Å². The lowest BCUT2D eigenvalue weighted by atomic mass is 9.76. The Balaban J connectivity index is 1.81. The lowest BCUT2D eigenvalue weighted by Gasteiger charge is -2.42. The van der Waals surface area contributed by atoms with Crippen LogP contribution in [0.2, 0.25) is 0 Å². The number of carbonyl (C=O) groups is 3. The van der Waals surface area contributed by atoms with Crippen molar-refractivity contribution < 1.29 is 47.2 Å². The number of halogens is 3. The average Bonchev–Trinajstić information content (AvgIpc) is 3.19. The summed E-state index contributed by atoms with van der Waals surface area (Å²) in [5, 5.41) is 22.9. The van der Waals surface area contributed by atoms with Gasteiger partial charge in [0.05, 0.1) is 25.7 Å². The highest BCUT2D eigenvalue weighted by atomic mass is 19.4. The molecule has 0 saturated heterocycles. The van der Waals surface area contributed by atoms with Crippen molar-refractivity contribution in [3.8, 4) is 11.5 Å². The molecule has 4 rings (SSSR count). The van der Waals surface area contributed by atoms with Gasteiger partial charge in [-0.15, -0.1) is 0 Å². The van der Waals surface area contributed by atoms with E-state index in [1.54, 1.807) is 0 Å². The first-order valence-electron chi connectivity index (χ1n) is 11.6. The van der Waals surface area contributed by atoms with Crippen molar-refractivity contribution in [1.29, 1.82) is 0 Å². The van der Waals surface area contributed by atoms with Crippen LogP contribution in [0.25, 0.3) is 0 Å². The SMILES string of the molecule is COc1cc(C=O)cc2c1OC1C2C(C(=O)NCCO)=CC(N(CC(F)(F)F)C(=O)C2CCC2)C1O. The highest BCUT2D eigenvalue weighted by Gasteiger charge is 2.53. The number of aliphatic hydroxyl groups excluding tert-OH is 2. The number of carbonyl (C=O) groups excluding carboxylic acids is 3. The number of ether oxygens (including phenoxy) is 2. The summed E-state index contributed by atoms with van der Waals surface area (Å²) in [5.41, 5.74) is 0.513. The van der Waals surface area contributed by atoms with Crippen LogP contribution in [0.1, 0.15) is 41.1 Å². The predicted octanol–water partition coefficient (Wildman–Crippen LogP) is 1.32. The summed E-state index contributed by atoms with van der Waals surface area (Å²) in [6, 6.07) is 1.36. The molecule has 1 aliphatic heterocycles. The van der Waals surface area contributed by atoms with E-state index in [4.69, 9.17) is 14.6 Å². The highest BCUT2D eigenvalue weighted by Crippen LogP contribution is 2.51. The van der Waals surface area contributed by atoms with E-state index in [-0.39, 0.29) is 35.8 Å². The summed E-state index contributed by atoms with van der Waals surface area (Å²) < 4.78 is 51.9. The summed E-state index contributed by atoms with van der Waals surface area (Å²) in [4.78, 5) is 38.2. The zero-order chi connectivity index (χ0) is 26.2.